The molecule has 0 amide bonds. The van der Waals surface area contributed by atoms with E-state index in [9.17, 15) is 24.6 Å². The third-order valence-corrected chi connectivity index (χ3v) is 9.80. The average molecular weight is 817 g/mol. The van der Waals surface area contributed by atoms with Crippen molar-refractivity contribution in [3.05, 3.63) is 89.5 Å². The Labute approximate surface area is 330 Å². The molecule has 12 atom stereocenters. The Morgan fingerprint density at radius 2 is 0.672 bits per heavy atom. The second-order valence-corrected chi connectivity index (χ2v) is 13.9. The van der Waals surface area contributed by atoms with Crippen LogP contribution < -0.4 is 0 Å². The number of hydrogen-bond acceptors (Lipinski definition) is 18. The highest BCUT2D eigenvalue weighted by Crippen LogP contribution is 2.31. The molecule has 0 bridgehead atoms. The van der Waals surface area contributed by atoms with Gasteiger partial charge in [-0.1, -0.05) is 0 Å². The molecule has 314 valence electrons. The normalized spacial score (nSPS) is 32.5. The number of carbonyl (C=O) groups is 3. The van der Waals surface area contributed by atoms with Gasteiger partial charge in [-0.25, -0.2) is 14.4 Å². The van der Waals surface area contributed by atoms with Crippen LogP contribution in [0, 0.1) is 0 Å². The molecular weight excluding hydrogens is 772 g/mol. The van der Waals surface area contributed by atoms with Gasteiger partial charge in [0.25, 0.3) is 0 Å². The Bertz CT molecular complexity index is 1720. The summed E-state index contributed by atoms with van der Waals surface area (Å²) in [5.41, 5.74) is 0.873. The van der Waals surface area contributed by atoms with E-state index in [4.69, 9.17) is 68.5 Å². The third kappa shape index (κ3) is 10.4. The first-order valence-corrected chi connectivity index (χ1v) is 18.2. The first-order valence-electron chi connectivity index (χ1n) is 18.2. The molecule has 3 aromatic rings. The molecule has 0 aliphatic carbocycles. The average Bonchev–Trinajstić information content (AvgIpc) is 4.07. The van der Waals surface area contributed by atoms with Gasteiger partial charge in [0, 0.05) is 0 Å². The van der Waals surface area contributed by atoms with Crippen molar-refractivity contribution < 1.29 is 93.1 Å². The van der Waals surface area contributed by atoms with Crippen LogP contribution in [-0.4, -0.2) is 172 Å². The number of aliphatic hydroxyl groups excluding tert-OH is 4. The second-order valence-electron chi connectivity index (χ2n) is 13.9. The topological polar surface area (TPSA) is 287 Å². The van der Waals surface area contributed by atoms with E-state index in [2.05, 4.69) is 0 Å². The zero-order chi connectivity index (χ0) is 41.5. The molecule has 9 rings (SSSR count). The van der Waals surface area contributed by atoms with Crippen molar-refractivity contribution in [3.8, 4) is 17.2 Å². The highest BCUT2D eigenvalue weighted by Gasteiger charge is 2.50. The van der Waals surface area contributed by atoms with Crippen molar-refractivity contribution in [3.63, 3.8) is 0 Å². The minimum Gasteiger partial charge on any atom is -0.508 e. The number of esters is 2. The van der Waals surface area contributed by atoms with Gasteiger partial charge in [0.2, 0.25) is 0 Å². The van der Waals surface area contributed by atoms with Crippen LogP contribution in [-0.2, 0) is 37.9 Å². The summed E-state index contributed by atoms with van der Waals surface area (Å²) in [4.78, 5) is 34.0. The first kappa shape index (κ1) is 42.7. The zero-order valence-corrected chi connectivity index (χ0v) is 30.7. The molecule has 0 saturated carbocycles. The molecule has 19 heteroatoms. The van der Waals surface area contributed by atoms with Crippen LogP contribution >= 0.6 is 0 Å². The van der Waals surface area contributed by atoms with Gasteiger partial charge in [-0.2, -0.15) is 0 Å². The molecule has 0 spiro atoms. The van der Waals surface area contributed by atoms with Crippen LogP contribution in [0.15, 0.2) is 72.8 Å². The van der Waals surface area contributed by atoms with Crippen molar-refractivity contribution in [1.29, 1.82) is 0 Å². The van der Waals surface area contributed by atoms with E-state index in [0.717, 1.165) is 0 Å². The smallest absolute Gasteiger partial charge is 0.338 e. The number of ether oxygens (including phenoxy) is 8. The predicted molar refractivity (Wildman–Crippen MR) is 192 cm³/mol. The molecule has 0 unspecified atom stereocenters. The van der Waals surface area contributed by atoms with Gasteiger partial charge < -0.3 is 78.7 Å². The summed E-state index contributed by atoms with van der Waals surface area (Å²) in [5, 5.41) is 72.9. The molecule has 0 radical (unpaired) electrons. The van der Waals surface area contributed by atoms with E-state index >= 15 is 0 Å². The molecule has 8 N–H and O–H groups in total. The highest BCUT2D eigenvalue weighted by atomic mass is 16.7. The Morgan fingerprint density at radius 3 is 0.983 bits per heavy atom. The van der Waals surface area contributed by atoms with Crippen molar-refractivity contribution in [1.82, 2.24) is 0 Å². The molecule has 6 aliphatic heterocycles. The largest absolute Gasteiger partial charge is 0.508 e. The number of rotatable bonds is 5. The fraction of sp³-hybridized carbons (Fsp3) is 0.462. The summed E-state index contributed by atoms with van der Waals surface area (Å²) < 4.78 is 42.3. The second kappa shape index (κ2) is 19.2. The van der Waals surface area contributed by atoms with Crippen LogP contribution in [0.2, 0.25) is 0 Å². The maximum absolute atomic E-state index is 11.9. The van der Waals surface area contributed by atoms with Crippen LogP contribution in [0.4, 0.5) is 0 Å². The molecule has 19 nitrogen and oxygen atoms in total. The van der Waals surface area contributed by atoms with E-state index in [0.29, 0.717) is 11.1 Å². The summed E-state index contributed by atoms with van der Waals surface area (Å²) in [6.45, 7) is 1.40. The van der Waals surface area contributed by atoms with E-state index in [1.165, 1.54) is 72.8 Å². The standard InChI is InChI=1S/2C13H14O6.C7H6O3.C6H10O4/c2*14-8-3-1-7(2-4-8)13(16)19-10-6-18-11-9(15)5-17-12(10)11;8-6-3-1-5(2-4-6)7(9)10;7-3-1-9-6-4(8)2-10-5(3)6/h2*1-4,9-12,14-15H,5-6H2;1-4,8H,(H,9,10);3-8H,1-2H2/t9-,10+,11+,12+;9-,10+,11-,12-;;3-,4+,5-,6-/m01.1/s1. The molecule has 6 aliphatic rings. The monoisotopic (exact) mass is 816 g/mol. The van der Waals surface area contributed by atoms with Crippen LogP contribution in [0.1, 0.15) is 31.1 Å². The molecule has 6 heterocycles. The number of phenols is 3. The molecule has 58 heavy (non-hydrogen) atoms. The maximum Gasteiger partial charge on any atom is 0.338 e. The minimum absolute atomic E-state index is 0.0741. The van der Waals surface area contributed by atoms with Crippen molar-refractivity contribution in [2.75, 3.05) is 39.6 Å². The lowest BCUT2D eigenvalue weighted by Crippen LogP contribution is -2.34. The number of carboxylic acid groups (broad SMARTS) is 1. The molecule has 6 fully saturated rings. The van der Waals surface area contributed by atoms with Crippen LogP contribution in [0.5, 0.6) is 17.2 Å². The van der Waals surface area contributed by atoms with Gasteiger partial charge in [-0.15, -0.1) is 0 Å². The van der Waals surface area contributed by atoms with Crippen molar-refractivity contribution in [2.24, 2.45) is 0 Å². The van der Waals surface area contributed by atoms with E-state index in [1.807, 2.05) is 0 Å². The number of aliphatic hydroxyl groups is 4. The number of fused-ring (bicyclic) bond motifs is 3. The van der Waals surface area contributed by atoms with Gasteiger partial charge in [-0.05, 0) is 72.8 Å². The zero-order valence-electron chi connectivity index (χ0n) is 30.7. The van der Waals surface area contributed by atoms with Crippen LogP contribution in [0.25, 0.3) is 0 Å². The Hall–Kier alpha value is -4.93. The number of hydrogen-bond donors (Lipinski definition) is 8. The molecule has 0 aromatic heterocycles. The molecular formula is C39H44O19. The molecule has 6 saturated heterocycles. The predicted octanol–water partition coefficient (Wildman–Crippen LogP) is -0.252. The van der Waals surface area contributed by atoms with Crippen LogP contribution in [0.3, 0.4) is 0 Å². The SMILES string of the molecule is O=C(O)c1ccc(O)cc1.O=C(O[C@@H]1CO[C@H]2[C@@H]1OC[C@@H]2O)c1ccc(O)cc1.O=C(O[C@H]1CO[C@H]2[C@@H]1OC[C@H]2O)c1ccc(O)cc1.O[C@@H]1CO[C@H]2[C@@H]1OC[C@@H]2O. The quantitative estimate of drug-likeness (QED) is 0.154. The van der Waals surface area contributed by atoms with Gasteiger partial charge in [-0.3, -0.25) is 0 Å². The fourth-order valence-corrected chi connectivity index (χ4v) is 6.76. The summed E-state index contributed by atoms with van der Waals surface area (Å²) in [6.07, 6.45) is -5.70. The summed E-state index contributed by atoms with van der Waals surface area (Å²) in [6, 6.07) is 17.0. The minimum atomic E-state index is -0.986. The van der Waals surface area contributed by atoms with Crippen molar-refractivity contribution in [2.45, 2.75) is 73.2 Å². The lowest BCUT2D eigenvalue weighted by atomic mass is 10.1. The summed E-state index contributed by atoms with van der Waals surface area (Å²) in [5.74, 6) is -1.74. The Balaban J connectivity index is 0.000000136. The fourth-order valence-electron chi connectivity index (χ4n) is 6.76. The lowest BCUT2D eigenvalue weighted by molar-refractivity contribution is -0.0212. The van der Waals surface area contributed by atoms with Gasteiger partial charge in [0.1, 0.15) is 78.3 Å². The number of phenolic OH excluding ortho intramolecular Hbond substituents is 3. The Kier molecular flexibility index (Phi) is 14.1. The van der Waals surface area contributed by atoms with E-state index < -0.39 is 78.9 Å². The third-order valence-electron chi connectivity index (χ3n) is 9.80. The maximum atomic E-state index is 11.9. The first-order chi connectivity index (χ1) is 27.8. The number of carboxylic acids is 1. The number of aromatic hydroxyl groups is 3. The number of aromatic carboxylic acids is 1. The van der Waals surface area contributed by atoms with Gasteiger partial charge in [0.15, 0.2) is 12.2 Å². The van der Waals surface area contributed by atoms with Gasteiger partial charge >= 0.3 is 17.9 Å². The highest BCUT2D eigenvalue weighted by molar-refractivity contribution is 5.90. The Morgan fingerprint density at radius 1 is 0.414 bits per heavy atom. The molecule has 3 aromatic carbocycles. The number of benzene rings is 3. The summed E-state index contributed by atoms with van der Waals surface area (Å²) in [7, 11) is 0. The van der Waals surface area contributed by atoms with E-state index in [1.54, 1.807) is 0 Å². The van der Waals surface area contributed by atoms with Gasteiger partial charge in [0.05, 0.1) is 56.3 Å². The lowest BCUT2D eigenvalue weighted by Gasteiger charge is -2.16. The summed E-state index contributed by atoms with van der Waals surface area (Å²) >= 11 is 0. The number of carbonyl (C=O) groups excluding carboxylic acids is 2. The van der Waals surface area contributed by atoms with E-state index in [-0.39, 0.29) is 74.7 Å². The van der Waals surface area contributed by atoms with Crippen molar-refractivity contribution >= 4 is 17.9 Å².